The van der Waals surface area contributed by atoms with Gasteiger partial charge < -0.3 is 9.80 Å². The van der Waals surface area contributed by atoms with Crippen molar-refractivity contribution in [2.45, 2.75) is 25.8 Å². The first-order valence-electron chi connectivity index (χ1n) is 6.78. The summed E-state index contributed by atoms with van der Waals surface area (Å²) < 4.78 is 8.37. The Labute approximate surface area is 122 Å². The van der Waals surface area contributed by atoms with Crippen LogP contribution in [0.3, 0.4) is 0 Å². The summed E-state index contributed by atoms with van der Waals surface area (Å²) in [5, 5.41) is 0. The molecule has 0 unspecified atom stereocenters. The van der Waals surface area contributed by atoms with Gasteiger partial charge >= 0.3 is 0 Å². The minimum atomic E-state index is 0.521. The van der Waals surface area contributed by atoms with Gasteiger partial charge in [0.05, 0.1) is 17.9 Å². The largest absolute Gasteiger partial charge is 0.356 e. The van der Waals surface area contributed by atoms with E-state index < -0.39 is 0 Å². The Balaban J connectivity index is 1.63. The van der Waals surface area contributed by atoms with Gasteiger partial charge in [0.2, 0.25) is 0 Å². The highest BCUT2D eigenvalue weighted by atomic mass is 32.1. The third kappa shape index (κ3) is 2.72. The first-order chi connectivity index (χ1) is 9.74. The number of aryl methyl sites for hydroxylation is 1. The van der Waals surface area contributed by atoms with Gasteiger partial charge in [-0.2, -0.15) is 8.75 Å². The van der Waals surface area contributed by atoms with E-state index in [1.54, 1.807) is 6.33 Å². The van der Waals surface area contributed by atoms with Crippen molar-refractivity contribution in [1.82, 2.24) is 18.7 Å². The van der Waals surface area contributed by atoms with E-state index in [-0.39, 0.29) is 0 Å². The molecule has 6 nitrogen and oxygen atoms in total. The minimum Gasteiger partial charge on any atom is -0.356 e. The molecule has 3 rings (SSSR count). The van der Waals surface area contributed by atoms with Gasteiger partial charge in [0.25, 0.3) is 0 Å². The lowest BCUT2D eigenvalue weighted by Crippen LogP contribution is -2.44. The molecular weight excluding hydrogens is 272 g/mol. The maximum absolute atomic E-state index is 4.36. The highest BCUT2D eigenvalue weighted by molar-refractivity contribution is 6.99. The predicted octanol–water partition coefficient (Wildman–Crippen LogP) is 1.74. The van der Waals surface area contributed by atoms with Crippen LogP contribution in [-0.4, -0.2) is 44.9 Å². The van der Waals surface area contributed by atoms with E-state index >= 15 is 0 Å². The summed E-state index contributed by atoms with van der Waals surface area (Å²) in [5.41, 5.74) is 1.01. The Hall–Kier alpha value is -1.76. The minimum absolute atomic E-state index is 0.521. The topological polar surface area (TPSA) is 58.0 Å². The summed E-state index contributed by atoms with van der Waals surface area (Å²) in [6, 6.07) is 2.56. The van der Waals surface area contributed by atoms with E-state index in [0.717, 1.165) is 43.3 Å². The Kier molecular flexibility index (Phi) is 3.77. The van der Waals surface area contributed by atoms with Crippen LogP contribution in [0.15, 0.2) is 18.6 Å². The summed E-state index contributed by atoms with van der Waals surface area (Å²) in [7, 11) is 2.12. The third-order valence-electron chi connectivity index (χ3n) is 3.84. The maximum Gasteiger partial charge on any atom is 0.162 e. The lowest BCUT2D eigenvalue weighted by molar-refractivity contribution is 0.478. The summed E-state index contributed by atoms with van der Waals surface area (Å²) in [6.45, 7) is 4.03. The lowest BCUT2D eigenvalue weighted by atomic mass is 10.0. The van der Waals surface area contributed by atoms with Crippen molar-refractivity contribution in [3.05, 3.63) is 24.3 Å². The number of hydrogen-bond acceptors (Lipinski definition) is 7. The summed E-state index contributed by atoms with van der Waals surface area (Å²) >= 11 is 1.27. The van der Waals surface area contributed by atoms with Gasteiger partial charge in [0, 0.05) is 37.9 Å². The first kappa shape index (κ1) is 13.2. The summed E-state index contributed by atoms with van der Waals surface area (Å²) in [4.78, 5) is 13.1. The fourth-order valence-corrected chi connectivity index (χ4v) is 3.04. The maximum atomic E-state index is 4.36. The van der Waals surface area contributed by atoms with Crippen LogP contribution in [-0.2, 0) is 0 Å². The molecule has 0 aliphatic carbocycles. The zero-order valence-electron chi connectivity index (χ0n) is 11.7. The molecule has 1 fully saturated rings. The van der Waals surface area contributed by atoms with Crippen molar-refractivity contribution < 1.29 is 0 Å². The van der Waals surface area contributed by atoms with E-state index in [2.05, 4.69) is 35.6 Å². The smallest absolute Gasteiger partial charge is 0.162 e. The van der Waals surface area contributed by atoms with Crippen LogP contribution >= 0.6 is 11.7 Å². The number of nitrogens with zero attached hydrogens (tertiary/aromatic N) is 6. The van der Waals surface area contributed by atoms with Crippen LogP contribution in [0.2, 0.25) is 0 Å². The second kappa shape index (κ2) is 5.70. The van der Waals surface area contributed by atoms with Crippen molar-refractivity contribution in [1.29, 1.82) is 0 Å². The number of hydrogen-bond donors (Lipinski definition) is 0. The van der Waals surface area contributed by atoms with Gasteiger partial charge in [0.1, 0.15) is 12.1 Å². The van der Waals surface area contributed by atoms with Crippen LogP contribution in [0.1, 0.15) is 18.5 Å². The van der Waals surface area contributed by atoms with E-state index in [1.807, 2.05) is 19.2 Å². The molecule has 3 heterocycles. The molecule has 0 atom stereocenters. The zero-order chi connectivity index (χ0) is 13.9. The predicted molar refractivity (Wildman–Crippen MR) is 80.3 cm³/mol. The average molecular weight is 290 g/mol. The van der Waals surface area contributed by atoms with Gasteiger partial charge in [-0.3, -0.25) is 0 Å². The number of anilines is 2. The summed E-state index contributed by atoms with van der Waals surface area (Å²) in [5.74, 6) is 2.01. The molecular formula is C13H18N6S. The average Bonchev–Trinajstić information content (AvgIpc) is 3.01. The molecule has 7 heteroatoms. The third-order valence-corrected chi connectivity index (χ3v) is 4.30. The van der Waals surface area contributed by atoms with Crippen molar-refractivity contribution in [2.75, 3.05) is 29.9 Å². The Bertz CT molecular complexity index is 550. The van der Waals surface area contributed by atoms with Gasteiger partial charge in [-0.05, 0) is 19.8 Å². The van der Waals surface area contributed by atoms with E-state index in [0.29, 0.717) is 6.04 Å². The number of piperidine rings is 1. The van der Waals surface area contributed by atoms with Crippen LogP contribution in [0.25, 0.3) is 0 Å². The Morgan fingerprint density at radius 2 is 2.10 bits per heavy atom. The number of rotatable bonds is 3. The number of aromatic nitrogens is 4. The van der Waals surface area contributed by atoms with E-state index in [4.69, 9.17) is 0 Å². The Morgan fingerprint density at radius 3 is 2.75 bits per heavy atom. The van der Waals surface area contributed by atoms with E-state index in [1.165, 1.54) is 11.7 Å². The fourth-order valence-electron chi connectivity index (χ4n) is 2.60. The molecule has 1 aliphatic rings. The van der Waals surface area contributed by atoms with Crippen molar-refractivity contribution in [2.24, 2.45) is 0 Å². The standard InChI is InChI=1S/C13H18N6S/c1-10-7-12(15-9-14-10)18(2)11-3-5-19(6-4-11)13-8-16-20-17-13/h7-9,11H,3-6H2,1-2H3. The second-order valence-electron chi connectivity index (χ2n) is 5.11. The van der Waals surface area contributed by atoms with Crippen molar-refractivity contribution in [3.63, 3.8) is 0 Å². The van der Waals surface area contributed by atoms with Gasteiger partial charge in [-0.25, -0.2) is 9.97 Å². The molecule has 106 valence electrons. The second-order valence-corrected chi connectivity index (χ2v) is 5.67. The van der Waals surface area contributed by atoms with Crippen LogP contribution in [0.4, 0.5) is 11.6 Å². The monoisotopic (exact) mass is 290 g/mol. The molecule has 1 saturated heterocycles. The molecule has 0 spiro atoms. The van der Waals surface area contributed by atoms with E-state index in [9.17, 15) is 0 Å². The van der Waals surface area contributed by atoms with Crippen molar-refractivity contribution >= 4 is 23.4 Å². The molecule has 1 aliphatic heterocycles. The van der Waals surface area contributed by atoms with Crippen LogP contribution in [0.5, 0.6) is 0 Å². The van der Waals surface area contributed by atoms with Crippen LogP contribution in [0, 0.1) is 6.92 Å². The van der Waals surface area contributed by atoms with Gasteiger partial charge in [-0.1, -0.05) is 0 Å². The lowest BCUT2D eigenvalue weighted by Gasteiger charge is -2.37. The fraction of sp³-hybridized carbons (Fsp3) is 0.538. The molecule has 0 amide bonds. The van der Waals surface area contributed by atoms with Gasteiger partial charge in [0.15, 0.2) is 5.82 Å². The highest BCUT2D eigenvalue weighted by Crippen LogP contribution is 2.23. The summed E-state index contributed by atoms with van der Waals surface area (Å²) in [6.07, 6.45) is 5.70. The van der Waals surface area contributed by atoms with Crippen molar-refractivity contribution in [3.8, 4) is 0 Å². The molecule has 0 radical (unpaired) electrons. The molecule has 0 saturated carbocycles. The molecule has 2 aromatic rings. The highest BCUT2D eigenvalue weighted by Gasteiger charge is 2.24. The molecule has 20 heavy (non-hydrogen) atoms. The molecule has 0 aromatic carbocycles. The normalized spacial score (nSPS) is 16.4. The Morgan fingerprint density at radius 1 is 1.30 bits per heavy atom. The quantitative estimate of drug-likeness (QED) is 0.858. The molecule has 0 bridgehead atoms. The van der Waals surface area contributed by atoms with Gasteiger partial charge in [-0.15, -0.1) is 0 Å². The zero-order valence-corrected chi connectivity index (χ0v) is 12.5. The molecule has 0 N–H and O–H groups in total. The van der Waals surface area contributed by atoms with Crippen LogP contribution < -0.4 is 9.80 Å². The first-order valence-corrected chi connectivity index (χ1v) is 7.51. The molecule has 2 aromatic heterocycles. The SMILES string of the molecule is Cc1cc(N(C)C2CCN(c3cnsn3)CC2)ncn1.